The van der Waals surface area contributed by atoms with Crippen molar-refractivity contribution in [1.82, 2.24) is 25.5 Å². The minimum Gasteiger partial charge on any atom is -0.364 e. The highest BCUT2D eigenvalue weighted by molar-refractivity contribution is 6.03. The Labute approximate surface area is 198 Å². The predicted molar refractivity (Wildman–Crippen MR) is 134 cm³/mol. The number of hydrogen-bond acceptors (Lipinski definition) is 6. The SMILES string of the molecule is Cc1cccc(NC(=O)c2ccc(CCc3ccnc4[nH]nc(N[C@@H]5CCCNC5)c34)cc2)n1. The van der Waals surface area contributed by atoms with Gasteiger partial charge in [0.05, 0.1) is 5.39 Å². The van der Waals surface area contributed by atoms with Gasteiger partial charge in [-0.3, -0.25) is 9.89 Å². The molecular formula is C26H29N7O. The molecule has 0 saturated carbocycles. The summed E-state index contributed by atoms with van der Waals surface area (Å²) >= 11 is 0. The molecule has 3 aromatic heterocycles. The number of carbonyl (C=O) groups excluding carboxylic acids is 1. The van der Waals surface area contributed by atoms with Crippen molar-refractivity contribution in [3.05, 3.63) is 77.1 Å². The van der Waals surface area contributed by atoms with Gasteiger partial charge in [-0.2, -0.15) is 5.10 Å². The Balaban J connectivity index is 1.25. The lowest BCUT2D eigenvalue weighted by atomic mass is 10.0. The molecule has 0 aliphatic carbocycles. The first-order chi connectivity index (χ1) is 16.7. The number of rotatable bonds is 7. The Morgan fingerprint density at radius 1 is 1.12 bits per heavy atom. The van der Waals surface area contributed by atoms with Crippen molar-refractivity contribution >= 4 is 28.6 Å². The summed E-state index contributed by atoms with van der Waals surface area (Å²) in [6, 6.07) is 15.8. The van der Waals surface area contributed by atoms with Gasteiger partial charge in [0.25, 0.3) is 5.91 Å². The number of H-pyrrole nitrogens is 1. The standard InChI is InChI=1S/C26H29N7O/c1-17-4-2-6-22(29-17)31-26(34)20-11-8-18(9-12-20)7-10-19-13-15-28-24-23(19)25(33-32-24)30-21-5-3-14-27-16-21/h2,4,6,8-9,11-13,15,21,27H,3,5,7,10,14,16H2,1H3,(H,29,31,34)(H2,28,30,32,33)/t21-/m1/s1. The van der Waals surface area contributed by atoms with Gasteiger partial charge in [0, 0.05) is 30.0 Å². The van der Waals surface area contributed by atoms with Crippen molar-refractivity contribution in [2.24, 2.45) is 0 Å². The van der Waals surface area contributed by atoms with Gasteiger partial charge < -0.3 is 16.0 Å². The fourth-order valence-corrected chi connectivity index (χ4v) is 4.40. The van der Waals surface area contributed by atoms with E-state index in [0.29, 0.717) is 17.4 Å². The minimum absolute atomic E-state index is 0.160. The van der Waals surface area contributed by atoms with Crippen LogP contribution in [-0.2, 0) is 12.8 Å². The van der Waals surface area contributed by atoms with E-state index in [9.17, 15) is 4.79 Å². The number of nitrogens with zero attached hydrogens (tertiary/aromatic N) is 3. The molecule has 0 unspecified atom stereocenters. The van der Waals surface area contributed by atoms with Crippen LogP contribution in [0.4, 0.5) is 11.6 Å². The van der Waals surface area contributed by atoms with Crippen molar-refractivity contribution < 1.29 is 4.79 Å². The number of hydrogen-bond donors (Lipinski definition) is 4. The molecule has 0 bridgehead atoms. The molecule has 174 valence electrons. The maximum Gasteiger partial charge on any atom is 0.256 e. The summed E-state index contributed by atoms with van der Waals surface area (Å²) in [4.78, 5) is 21.3. The predicted octanol–water partition coefficient (Wildman–Crippen LogP) is 3.86. The normalized spacial score (nSPS) is 15.9. The van der Waals surface area contributed by atoms with Gasteiger partial charge in [0.2, 0.25) is 0 Å². The number of pyridine rings is 2. The summed E-state index contributed by atoms with van der Waals surface area (Å²) in [5, 5.41) is 18.5. The number of fused-ring (bicyclic) bond motifs is 1. The summed E-state index contributed by atoms with van der Waals surface area (Å²) in [5.41, 5.74) is 4.66. The van der Waals surface area contributed by atoms with Gasteiger partial charge in [-0.25, -0.2) is 9.97 Å². The van der Waals surface area contributed by atoms with Gasteiger partial charge in [0.1, 0.15) is 5.82 Å². The summed E-state index contributed by atoms with van der Waals surface area (Å²) in [6.45, 7) is 3.93. The van der Waals surface area contributed by atoms with E-state index in [2.05, 4.69) is 42.2 Å². The van der Waals surface area contributed by atoms with Gasteiger partial charge in [-0.1, -0.05) is 18.2 Å². The lowest BCUT2D eigenvalue weighted by molar-refractivity contribution is 0.102. The van der Waals surface area contributed by atoms with Crippen molar-refractivity contribution in [3.63, 3.8) is 0 Å². The molecule has 34 heavy (non-hydrogen) atoms. The molecule has 8 heteroatoms. The zero-order chi connectivity index (χ0) is 23.3. The van der Waals surface area contributed by atoms with Crippen LogP contribution in [0.15, 0.2) is 54.7 Å². The second-order valence-electron chi connectivity index (χ2n) is 8.77. The van der Waals surface area contributed by atoms with Gasteiger partial charge in [-0.05, 0) is 80.6 Å². The molecule has 1 aromatic carbocycles. The minimum atomic E-state index is -0.160. The first-order valence-electron chi connectivity index (χ1n) is 11.8. The van der Waals surface area contributed by atoms with Crippen molar-refractivity contribution in [2.75, 3.05) is 23.7 Å². The molecule has 1 fully saturated rings. The molecule has 1 atom stereocenters. The highest BCUT2D eigenvalue weighted by Gasteiger charge is 2.17. The Morgan fingerprint density at radius 3 is 2.79 bits per heavy atom. The van der Waals surface area contributed by atoms with Crippen LogP contribution in [0.25, 0.3) is 11.0 Å². The molecule has 1 aliphatic rings. The van der Waals surface area contributed by atoms with E-state index in [1.165, 1.54) is 17.5 Å². The molecule has 1 amide bonds. The fourth-order valence-electron chi connectivity index (χ4n) is 4.40. The van der Waals surface area contributed by atoms with E-state index in [-0.39, 0.29) is 5.91 Å². The van der Waals surface area contributed by atoms with Gasteiger partial charge in [0.15, 0.2) is 11.5 Å². The first kappa shape index (κ1) is 22.0. The van der Waals surface area contributed by atoms with E-state index < -0.39 is 0 Å². The topological polar surface area (TPSA) is 108 Å². The molecule has 0 spiro atoms. The largest absolute Gasteiger partial charge is 0.364 e. The van der Waals surface area contributed by atoms with Crippen molar-refractivity contribution in [2.45, 2.75) is 38.6 Å². The lowest BCUT2D eigenvalue weighted by Crippen LogP contribution is -2.38. The number of aromatic nitrogens is 4. The molecule has 8 nitrogen and oxygen atoms in total. The smallest absolute Gasteiger partial charge is 0.256 e. The molecule has 4 aromatic rings. The van der Waals surface area contributed by atoms with Crippen LogP contribution >= 0.6 is 0 Å². The monoisotopic (exact) mass is 455 g/mol. The van der Waals surface area contributed by atoms with E-state index in [1.54, 1.807) is 6.07 Å². The van der Waals surface area contributed by atoms with Gasteiger partial charge in [-0.15, -0.1) is 0 Å². The maximum atomic E-state index is 12.6. The van der Waals surface area contributed by atoms with E-state index in [4.69, 9.17) is 0 Å². The number of piperidine rings is 1. The van der Waals surface area contributed by atoms with Crippen molar-refractivity contribution in [1.29, 1.82) is 0 Å². The van der Waals surface area contributed by atoms with Crippen LogP contribution in [-0.4, -0.2) is 45.2 Å². The van der Waals surface area contributed by atoms with E-state index >= 15 is 0 Å². The number of amides is 1. The quantitative estimate of drug-likeness (QED) is 0.337. The number of benzene rings is 1. The molecule has 0 radical (unpaired) electrons. The molecule has 5 rings (SSSR count). The fraction of sp³-hybridized carbons (Fsp3) is 0.308. The second kappa shape index (κ2) is 10.0. The second-order valence-corrected chi connectivity index (χ2v) is 8.77. The molecule has 4 heterocycles. The van der Waals surface area contributed by atoms with Crippen LogP contribution in [0.2, 0.25) is 0 Å². The number of aromatic amines is 1. The van der Waals surface area contributed by atoms with Crippen LogP contribution in [0.5, 0.6) is 0 Å². The third-order valence-electron chi connectivity index (χ3n) is 6.21. The van der Waals surface area contributed by atoms with Crippen LogP contribution < -0.4 is 16.0 Å². The number of anilines is 2. The first-order valence-corrected chi connectivity index (χ1v) is 11.8. The zero-order valence-electron chi connectivity index (χ0n) is 19.3. The number of carbonyl (C=O) groups is 1. The van der Waals surface area contributed by atoms with Crippen molar-refractivity contribution in [3.8, 4) is 0 Å². The highest BCUT2D eigenvalue weighted by atomic mass is 16.1. The van der Waals surface area contributed by atoms with Gasteiger partial charge >= 0.3 is 0 Å². The highest BCUT2D eigenvalue weighted by Crippen LogP contribution is 2.26. The summed E-state index contributed by atoms with van der Waals surface area (Å²) < 4.78 is 0. The van der Waals surface area contributed by atoms with Crippen LogP contribution in [0, 0.1) is 6.92 Å². The Morgan fingerprint density at radius 2 is 2.00 bits per heavy atom. The summed E-state index contributed by atoms with van der Waals surface area (Å²) in [7, 11) is 0. The Hall–Kier alpha value is -3.78. The molecule has 4 N–H and O–H groups in total. The molecular weight excluding hydrogens is 426 g/mol. The lowest BCUT2D eigenvalue weighted by Gasteiger charge is -2.23. The third-order valence-corrected chi connectivity index (χ3v) is 6.21. The van der Waals surface area contributed by atoms with Crippen LogP contribution in [0.3, 0.4) is 0 Å². The Kier molecular flexibility index (Phi) is 6.49. The van der Waals surface area contributed by atoms with Crippen LogP contribution in [0.1, 0.15) is 40.0 Å². The Bertz CT molecular complexity index is 1280. The average Bonchev–Trinajstić information content (AvgIpc) is 3.27. The average molecular weight is 456 g/mol. The van der Waals surface area contributed by atoms with E-state index in [1.807, 2.05) is 49.5 Å². The maximum absolute atomic E-state index is 12.6. The summed E-state index contributed by atoms with van der Waals surface area (Å²) in [6.07, 6.45) is 5.84. The summed E-state index contributed by atoms with van der Waals surface area (Å²) in [5.74, 6) is 1.28. The zero-order valence-corrected chi connectivity index (χ0v) is 19.3. The molecule has 1 saturated heterocycles. The molecule has 1 aliphatic heterocycles. The van der Waals surface area contributed by atoms with E-state index in [0.717, 1.165) is 54.9 Å². The number of aryl methyl sites for hydroxylation is 3. The number of nitrogens with one attached hydrogen (secondary N) is 4. The third kappa shape index (κ3) is 5.07.